The maximum absolute atomic E-state index is 8.73. The van der Waals surface area contributed by atoms with Crippen LogP contribution in [-0.2, 0) is 10.1 Å². The highest BCUT2D eigenvalue weighted by molar-refractivity contribution is 9.08. The summed E-state index contributed by atoms with van der Waals surface area (Å²) in [5.74, 6) is 0. The van der Waals surface area contributed by atoms with Crippen molar-refractivity contribution < 1.29 is 14.8 Å². The molecule has 1 aromatic carbocycles. The lowest BCUT2D eigenvalue weighted by Crippen LogP contribution is -2.29. The van der Waals surface area contributed by atoms with Crippen LogP contribution in [0.5, 0.6) is 0 Å². The smallest absolute Gasteiger partial charge is 0.423 e. The van der Waals surface area contributed by atoms with E-state index in [0.717, 1.165) is 24.1 Å². The van der Waals surface area contributed by atoms with Gasteiger partial charge in [0.05, 0.1) is 0 Å². The van der Waals surface area contributed by atoms with Crippen LogP contribution in [0.3, 0.4) is 0 Å². The molecule has 0 saturated carbocycles. The molecule has 0 heterocycles. The van der Waals surface area contributed by atoms with Crippen molar-refractivity contribution in [2.45, 2.75) is 19.2 Å². The standard InChI is InChI=1S/C7H8BBrO2.C4H10O/c9-5-6-1-3-7(4-2-6)8(10)11;1-3-5-4-2/h1-4,10-11H,5H2;3-4H2,1-2H3. The average molecular weight is 289 g/mol. The van der Waals surface area contributed by atoms with E-state index in [1.165, 1.54) is 0 Å². The third-order valence-electron chi connectivity index (χ3n) is 1.84. The monoisotopic (exact) mass is 288 g/mol. The molecule has 90 valence electrons. The molecule has 1 aromatic rings. The van der Waals surface area contributed by atoms with Crippen molar-refractivity contribution in [1.82, 2.24) is 0 Å². The predicted octanol–water partition coefficient (Wildman–Crippen LogP) is 1.30. The van der Waals surface area contributed by atoms with E-state index < -0.39 is 7.12 Å². The van der Waals surface area contributed by atoms with Crippen molar-refractivity contribution in [3.8, 4) is 0 Å². The van der Waals surface area contributed by atoms with Crippen molar-refractivity contribution in [1.29, 1.82) is 0 Å². The van der Waals surface area contributed by atoms with E-state index in [1.54, 1.807) is 12.1 Å². The molecule has 0 atom stereocenters. The van der Waals surface area contributed by atoms with Crippen LogP contribution in [-0.4, -0.2) is 30.4 Å². The van der Waals surface area contributed by atoms with E-state index >= 15 is 0 Å². The Hall–Kier alpha value is -0.355. The topological polar surface area (TPSA) is 49.7 Å². The number of alkyl halides is 1. The number of halogens is 1. The first-order valence-electron chi connectivity index (χ1n) is 5.24. The molecule has 0 fully saturated rings. The largest absolute Gasteiger partial charge is 0.488 e. The van der Waals surface area contributed by atoms with Crippen molar-refractivity contribution in [2.24, 2.45) is 0 Å². The molecular weight excluding hydrogens is 271 g/mol. The summed E-state index contributed by atoms with van der Waals surface area (Å²) in [7, 11) is -1.36. The summed E-state index contributed by atoms with van der Waals surface area (Å²) in [6.45, 7) is 5.67. The van der Waals surface area contributed by atoms with Gasteiger partial charge in [-0.2, -0.15) is 0 Å². The maximum atomic E-state index is 8.73. The lowest BCUT2D eigenvalue weighted by Gasteiger charge is -1.99. The van der Waals surface area contributed by atoms with Crippen LogP contribution in [0.15, 0.2) is 24.3 Å². The molecule has 3 nitrogen and oxygen atoms in total. The number of ether oxygens (including phenoxy) is 1. The third kappa shape index (κ3) is 7.01. The summed E-state index contributed by atoms with van der Waals surface area (Å²) in [6.07, 6.45) is 0. The van der Waals surface area contributed by atoms with Crippen LogP contribution in [0.4, 0.5) is 0 Å². The molecule has 16 heavy (non-hydrogen) atoms. The zero-order chi connectivity index (χ0) is 12.4. The highest BCUT2D eigenvalue weighted by Gasteiger charge is 2.08. The maximum Gasteiger partial charge on any atom is 0.488 e. The van der Waals surface area contributed by atoms with Crippen LogP contribution in [0.25, 0.3) is 0 Å². The van der Waals surface area contributed by atoms with Gasteiger partial charge in [-0.25, -0.2) is 0 Å². The van der Waals surface area contributed by atoms with Crippen LogP contribution in [0.2, 0.25) is 0 Å². The van der Waals surface area contributed by atoms with Gasteiger partial charge in [0.15, 0.2) is 0 Å². The molecule has 2 N–H and O–H groups in total. The van der Waals surface area contributed by atoms with Gasteiger partial charge in [0, 0.05) is 18.5 Å². The molecule has 0 aliphatic carbocycles. The van der Waals surface area contributed by atoms with Gasteiger partial charge in [0.2, 0.25) is 0 Å². The Balaban J connectivity index is 0.000000385. The fourth-order valence-corrected chi connectivity index (χ4v) is 1.36. The summed E-state index contributed by atoms with van der Waals surface area (Å²) < 4.78 is 4.83. The summed E-state index contributed by atoms with van der Waals surface area (Å²) in [5, 5.41) is 18.2. The van der Waals surface area contributed by atoms with Crippen LogP contribution < -0.4 is 5.46 Å². The van der Waals surface area contributed by atoms with Crippen molar-refractivity contribution in [3.63, 3.8) is 0 Å². The first kappa shape index (κ1) is 15.6. The molecule has 0 bridgehead atoms. The third-order valence-corrected chi connectivity index (χ3v) is 2.49. The highest BCUT2D eigenvalue weighted by atomic mass is 79.9. The Labute approximate surface area is 106 Å². The Morgan fingerprint density at radius 1 is 1.12 bits per heavy atom. The lowest BCUT2D eigenvalue weighted by atomic mass is 9.80. The Bertz CT molecular complexity index is 262. The van der Waals surface area contributed by atoms with Gasteiger partial charge in [-0.3, -0.25) is 0 Å². The predicted molar refractivity (Wildman–Crippen MR) is 71.1 cm³/mol. The summed E-state index contributed by atoms with van der Waals surface area (Å²) in [5.41, 5.74) is 1.64. The van der Waals surface area contributed by atoms with E-state index in [9.17, 15) is 0 Å². The number of hydrogen-bond donors (Lipinski definition) is 2. The molecular formula is C11H18BBrO3. The fourth-order valence-electron chi connectivity index (χ4n) is 0.983. The Morgan fingerprint density at radius 2 is 1.62 bits per heavy atom. The minimum absolute atomic E-state index is 0.523. The molecule has 0 aliphatic rings. The summed E-state index contributed by atoms with van der Waals surface area (Å²) in [4.78, 5) is 0. The zero-order valence-corrected chi connectivity index (χ0v) is 11.3. The Kier molecular flexibility index (Phi) is 9.62. The van der Waals surface area contributed by atoms with Crippen LogP contribution in [0.1, 0.15) is 19.4 Å². The summed E-state index contributed by atoms with van der Waals surface area (Å²) >= 11 is 3.29. The molecule has 0 aromatic heterocycles. The minimum Gasteiger partial charge on any atom is -0.423 e. The van der Waals surface area contributed by atoms with Crippen LogP contribution >= 0.6 is 15.9 Å². The normalized spacial score (nSPS) is 9.31. The van der Waals surface area contributed by atoms with Crippen molar-refractivity contribution >= 4 is 28.5 Å². The SMILES string of the molecule is CCOCC.OB(O)c1ccc(CBr)cc1. The second kappa shape index (κ2) is 9.84. The number of benzene rings is 1. The van der Waals surface area contributed by atoms with Gasteiger partial charge >= 0.3 is 7.12 Å². The quantitative estimate of drug-likeness (QED) is 0.649. The average Bonchev–Trinajstić information content (AvgIpc) is 2.31. The van der Waals surface area contributed by atoms with Gasteiger partial charge in [-0.1, -0.05) is 40.2 Å². The van der Waals surface area contributed by atoms with Gasteiger partial charge in [0.25, 0.3) is 0 Å². The molecule has 1 rings (SSSR count). The van der Waals surface area contributed by atoms with Crippen molar-refractivity contribution in [3.05, 3.63) is 29.8 Å². The van der Waals surface area contributed by atoms with E-state index in [1.807, 2.05) is 26.0 Å². The second-order valence-electron chi connectivity index (χ2n) is 3.03. The lowest BCUT2D eigenvalue weighted by molar-refractivity contribution is 0.162. The van der Waals surface area contributed by atoms with Crippen LogP contribution in [0, 0.1) is 0 Å². The van der Waals surface area contributed by atoms with Gasteiger partial charge < -0.3 is 14.8 Å². The van der Waals surface area contributed by atoms with Crippen molar-refractivity contribution in [2.75, 3.05) is 13.2 Å². The fraction of sp³-hybridized carbons (Fsp3) is 0.455. The van der Waals surface area contributed by atoms with Gasteiger partial charge in [0.1, 0.15) is 0 Å². The molecule has 0 saturated heterocycles. The molecule has 0 radical (unpaired) electrons. The zero-order valence-electron chi connectivity index (χ0n) is 9.69. The molecule has 0 aliphatic heterocycles. The molecule has 0 amide bonds. The molecule has 0 spiro atoms. The first-order valence-corrected chi connectivity index (χ1v) is 6.36. The minimum atomic E-state index is -1.36. The Morgan fingerprint density at radius 3 is 1.88 bits per heavy atom. The molecule has 5 heteroatoms. The molecule has 0 unspecified atom stereocenters. The number of rotatable bonds is 4. The van der Waals surface area contributed by atoms with E-state index in [-0.39, 0.29) is 0 Å². The van der Waals surface area contributed by atoms with Gasteiger partial charge in [-0.05, 0) is 24.9 Å². The number of hydrogen-bond acceptors (Lipinski definition) is 3. The van der Waals surface area contributed by atoms with E-state index in [2.05, 4.69) is 15.9 Å². The second-order valence-corrected chi connectivity index (χ2v) is 3.59. The van der Waals surface area contributed by atoms with E-state index in [0.29, 0.717) is 5.46 Å². The van der Waals surface area contributed by atoms with Gasteiger partial charge in [-0.15, -0.1) is 0 Å². The first-order chi connectivity index (χ1) is 7.65. The summed E-state index contributed by atoms with van der Waals surface area (Å²) in [6, 6.07) is 7.09. The van der Waals surface area contributed by atoms with E-state index in [4.69, 9.17) is 14.8 Å². The highest BCUT2D eigenvalue weighted by Crippen LogP contribution is 2.02.